The molecular weight excluding hydrogens is 192 g/mol. The third-order valence-corrected chi connectivity index (χ3v) is 3.40. The molecule has 1 aromatic heterocycles. The van der Waals surface area contributed by atoms with Gasteiger partial charge in [-0.15, -0.1) is 11.8 Å². The summed E-state index contributed by atoms with van der Waals surface area (Å²) in [6.45, 7) is 0.728. The second kappa shape index (κ2) is 4.07. The van der Waals surface area contributed by atoms with Crippen LogP contribution in [-0.2, 0) is 7.05 Å². The number of fused-ring (bicyclic) bond motifs is 1. The van der Waals surface area contributed by atoms with Crippen LogP contribution in [0.4, 0.5) is 0 Å². The highest BCUT2D eigenvalue weighted by Crippen LogP contribution is 2.25. The predicted octanol–water partition coefficient (Wildman–Crippen LogP) is 2.23. The number of benzene rings is 1. The maximum atomic E-state index is 5.49. The van der Waals surface area contributed by atoms with Gasteiger partial charge >= 0.3 is 0 Å². The summed E-state index contributed by atoms with van der Waals surface area (Å²) in [5.74, 6) is 0.976. The van der Waals surface area contributed by atoms with E-state index < -0.39 is 0 Å². The molecule has 14 heavy (non-hydrogen) atoms. The molecule has 0 bridgehead atoms. The molecule has 1 heterocycles. The van der Waals surface area contributed by atoms with Gasteiger partial charge in [-0.05, 0) is 12.1 Å². The molecule has 0 atom stereocenters. The van der Waals surface area contributed by atoms with Crippen LogP contribution in [-0.4, -0.2) is 16.9 Å². The van der Waals surface area contributed by atoms with Gasteiger partial charge in [0.25, 0.3) is 0 Å². The Morgan fingerprint density at radius 3 is 2.86 bits per heavy atom. The number of aryl methyl sites for hydroxylation is 1. The molecule has 2 nitrogen and oxygen atoms in total. The number of nitrogens with zero attached hydrogens (tertiary/aromatic N) is 1. The van der Waals surface area contributed by atoms with Crippen LogP contribution in [0.1, 0.15) is 0 Å². The van der Waals surface area contributed by atoms with E-state index in [4.69, 9.17) is 5.73 Å². The maximum absolute atomic E-state index is 5.49. The highest BCUT2D eigenvalue weighted by molar-refractivity contribution is 7.99. The van der Waals surface area contributed by atoms with Crippen molar-refractivity contribution in [3.05, 3.63) is 30.3 Å². The van der Waals surface area contributed by atoms with Crippen LogP contribution in [0.5, 0.6) is 0 Å². The lowest BCUT2D eigenvalue weighted by Crippen LogP contribution is -2.01. The van der Waals surface area contributed by atoms with Crippen LogP contribution in [0, 0.1) is 0 Å². The van der Waals surface area contributed by atoms with E-state index in [1.807, 2.05) is 11.8 Å². The van der Waals surface area contributed by atoms with Crippen LogP contribution in [0.15, 0.2) is 35.4 Å². The van der Waals surface area contributed by atoms with Crippen molar-refractivity contribution in [3.63, 3.8) is 0 Å². The van der Waals surface area contributed by atoms with E-state index >= 15 is 0 Å². The second-order valence-corrected chi connectivity index (χ2v) is 4.35. The van der Waals surface area contributed by atoms with Gasteiger partial charge in [0.1, 0.15) is 0 Å². The first-order valence-electron chi connectivity index (χ1n) is 4.70. The topological polar surface area (TPSA) is 30.9 Å². The summed E-state index contributed by atoms with van der Waals surface area (Å²) in [6, 6.07) is 10.6. The molecule has 0 aliphatic heterocycles. The Kier molecular flexibility index (Phi) is 2.79. The van der Waals surface area contributed by atoms with E-state index in [0.29, 0.717) is 0 Å². The number of aromatic nitrogens is 1. The first-order chi connectivity index (χ1) is 6.83. The van der Waals surface area contributed by atoms with Crippen molar-refractivity contribution < 1.29 is 0 Å². The molecule has 74 valence electrons. The standard InChI is InChI=1S/C11H14N2S/c1-13-10-5-3-2-4-9(10)8-11(13)14-7-6-12/h2-5,8H,6-7,12H2,1H3. The van der Waals surface area contributed by atoms with Gasteiger partial charge in [0.2, 0.25) is 0 Å². The molecule has 1 aromatic carbocycles. The monoisotopic (exact) mass is 206 g/mol. The third kappa shape index (κ3) is 1.65. The minimum Gasteiger partial charge on any atom is -0.339 e. The number of para-hydroxylation sites is 1. The van der Waals surface area contributed by atoms with E-state index in [9.17, 15) is 0 Å². The smallest absolute Gasteiger partial charge is 0.0756 e. The Labute approximate surface area is 88.1 Å². The van der Waals surface area contributed by atoms with Gasteiger partial charge in [0, 0.05) is 30.2 Å². The first kappa shape index (κ1) is 9.62. The molecule has 0 saturated heterocycles. The highest BCUT2D eigenvalue weighted by Gasteiger charge is 2.04. The van der Waals surface area contributed by atoms with E-state index in [0.717, 1.165) is 12.3 Å². The number of rotatable bonds is 3. The van der Waals surface area contributed by atoms with Crippen molar-refractivity contribution in [2.24, 2.45) is 12.8 Å². The molecule has 0 spiro atoms. The molecule has 0 saturated carbocycles. The molecule has 0 fully saturated rings. The minimum atomic E-state index is 0.728. The molecule has 2 rings (SSSR count). The molecule has 0 radical (unpaired) electrons. The molecule has 2 aromatic rings. The molecule has 2 N–H and O–H groups in total. The van der Waals surface area contributed by atoms with Gasteiger partial charge in [0.15, 0.2) is 0 Å². The van der Waals surface area contributed by atoms with Crippen molar-refractivity contribution in [3.8, 4) is 0 Å². The van der Waals surface area contributed by atoms with E-state index in [2.05, 4.69) is 41.9 Å². The Bertz CT molecular complexity index is 434. The summed E-state index contributed by atoms with van der Waals surface area (Å²) in [5, 5.41) is 2.59. The van der Waals surface area contributed by atoms with Gasteiger partial charge in [-0.2, -0.15) is 0 Å². The predicted molar refractivity (Wildman–Crippen MR) is 62.7 cm³/mol. The lowest BCUT2D eigenvalue weighted by Gasteiger charge is -2.01. The summed E-state index contributed by atoms with van der Waals surface area (Å²) in [7, 11) is 2.10. The molecule has 0 amide bonds. The number of nitrogens with two attached hydrogens (primary N) is 1. The van der Waals surface area contributed by atoms with Crippen molar-refractivity contribution in [2.45, 2.75) is 5.03 Å². The van der Waals surface area contributed by atoms with Gasteiger partial charge < -0.3 is 10.3 Å². The fourth-order valence-corrected chi connectivity index (χ4v) is 2.39. The van der Waals surface area contributed by atoms with Crippen molar-refractivity contribution in [1.82, 2.24) is 4.57 Å². The summed E-state index contributed by atoms with van der Waals surface area (Å²) in [5.41, 5.74) is 6.77. The van der Waals surface area contributed by atoms with E-state index in [-0.39, 0.29) is 0 Å². The second-order valence-electron chi connectivity index (χ2n) is 3.24. The average molecular weight is 206 g/mol. The third-order valence-electron chi connectivity index (χ3n) is 2.28. The fourth-order valence-electron chi connectivity index (χ4n) is 1.57. The SMILES string of the molecule is Cn1c(SCCN)cc2ccccc21. The Morgan fingerprint density at radius 1 is 1.36 bits per heavy atom. The van der Waals surface area contributed by atoms with E-state index in [1.165, 1.54) is 15.9 Å². The minimum absolute atomic E-state index is 0.728. The number of hydrogen-bond donors (Lipinski definition) is 1. The Hall–Kier alpha value is -0.930. The molecule has 0 aliphatic carbocycles. The van der Waals surface area contributed by atoms with Gasteiger partial charge in [-0.1, -0.05) is 18.2 Å². The van der Waals surface area contributed by atoms with Crippen molar-refractivity contribution in [2.75, 3.05) is 12.3 Å². The summed E-state index contributed by atoms with van der Waals surface area (Å²) in [6.07, 6.45) is 0. The molecular formula is C11H14N2S. The fraction of sp³-hybridized carbons (Fsp3) is 0.273. The van der Waals surface area contributed by atoms with E-state index in [1.54, 1.807) is 0 Å². The largest absolute Gasteiger partial charge is 0.339 e. The van der Waals surface area contributed by atoms with Crippen LogP contribution in [0.3, 0.4) is 0 Å². The van der Waals surface area contributed by atoms with Gasteiger partial charge in [0.05, 0.1) is 5.03 Å². The van der Waals surface area contributed by atoms with Crippen molar-refractivity contribution in [1.29, 1.82) is 0 Å². The summed E-state index contributed by atoms with van der Waals surface area (Å²) < 4.78 is 2.22. The molecule has 3 heteroatoms. The molecule has 0 unspecified atom stereocenters. The van der Waals surface area contributed by atoms with Crippen LogP contribution in [0.2, 0.25) is 0 Å². The maximum Gasteiger partial charge on any atom is 0.0756 e. The van der Waals surface area contributed by atoms with Crippen LogP contribution in [0.25, 0.3) is 10.9 Å². The first-order valence-corrected chi connectivity index (χ1v) is 5.69. The molecule has 0 aliphatic rings. The zero-order valence-electron chi connectivity index (χ0n) is 8.23. The number of thioether (sulfide) groups is 1. The zero-order valence-corrected chi connectivity index (χ0v) is 9.05. The van der Waals surface area contributed by atoms with Crippen molar-refractivity contribution >= 4 is 22.7 Å². The number of hydrogen-bond acceptors (Lipinski definition) is 2. The van der Waals surface area contributed by atoms with Crippen LogP contribution < -0.4 is 5.73 Å². The summed E-state index contributed by atoms with van der Waals surface area (Å²) >= 11 is 1.81. The van der Waals surface area contributed by atoms with Gasteiger partial charge in [-0.3, -0.25) is 0 Å². The summed E-state index contributed by atoms with van der Waals surface area (Å²) in [4.78, 5) is 0. The lowest BCUT2D eigenvalue weighted by atomic mass is 10.2. The Balaban J connectivity index is 2.41. The average Bonchev–Trinajstić information content (AvgIpc) is 2.54. The lowest BCUT2D eigenvalue weighted by molar-refractivity contribution is 0.861. The Morgan fingerprint density at radius 2 is 2.14 bits per heavy atom. The highest BCUT2D eigenvalue weighted by atomic mass is 32.2. The van der Waals surface area contributed by atoms with Crippen LogP contribution >= 0.6 is 11.8 Å². The zero-order chi connectivity index (χ0) is 9.97. The van der Waals surface area contributed by atoms with Gasteiger partial charge in [-0.25, -0.2) is 0 Å². The quantitative estimate of drug-likeness (QED) is 0.781. The normalized spacial score (nSPS) is 11.0.